The molecule has 0 unspecified atom stereocenters. The number of carbonyl (C=O) groups is 1. The number of aldehydes is 1. The molecule has 0 aliphatic rings. The van der Waals surface area contributed by atoms with Gasteiger partial charge in [0.1, 0.15) is 6.29 Å². The lowest BCUT2D eigenvalue weighted by Crippen LogP contribution is -2.30. The minimum atomic E-state index is -0.466. The zero-order chi connectivity index (χ0) is 18.1. The van der Waals surface area contributed by atoms with Gasteiger partial charge in [-0.3, -0.25) is 15.2 Å². The molecule has 2 N–H and O–H groups in total. The largest absolute Gasteiger partial charge is 0.349 e. The first kappa shape index (κ1) is 18.3. The van der Waals surface area contributed by atoms with Gasteiger partial charge in [0, 0.05) is 18.7 Å². The highest BCUT2D eigenvalue weighted by Gasteiger charge is 2.09. The molecule has 0 saturated carbocycles. The van der Waals surface area contributed by atoms with Crippen molar-refractivity contribution in [1.29, 1.82) is 0 Å². The van der Waals surface area contributed by atoms with Crippen LogP contribution in [0.3, 0.4) is 0 Å². The first-order valence-corrected chi connectivity index (χ1v) is 8.24. The van der Waals surface area contributed by atoms with Crippen molar-refractivity contribution >= 4 is 24.1 Å². The molecule has 0 bridgehead atoms. The molecule has 1 heterocycles. The Morgan fingerprint density at radius 2 is 2.00 bits per heavy atom. The summed E-state index contributed by atoms with van der Waals surface area (Å²) in [6.07, 6.45) is 4.05. The third-order valence-corrected chi connectivity index (χ3v) is 3.33. The van der Waals surface area contributed by atoms with Crippen molar-refractivity contribution in [2.45, 2.75) is 26.7 Å². The van der Waals surface area contributed by atoms with Gasteiger partial charge in [-0.25, -0.2) is 4.79 Å². The van der Waals surface area contributed by atoms with Gasteiger partial charge in [0.2, 0.25) is 5.95 Å². The van der Waals surface area contributed by atoms with Crippen LogP contribution in [0.25, 0.3) is 0 Å². The number of anilines is 2. The van der Waals surface area contributed by atoms with Crippen LogP contribution >= 0.6 is 0 Å². The predicted molar refractivity (Wildman–Crippen MR) is 98.5 cm³/mol. The van der Waals surface area contributed by atoms with Crippen molar-refractivity contribution in [2.75, 3.05) is 23.4 Å². The van der Waals surface area contributed by atoms with E-state index in [1.165, 1.54) is 6.21 Å². The Hall–Kier alpha value is -3.03. The molecule has 0 amide bonds. The highest BCUT2D eigenvalue weighted by Crippen LogP contribution is 2.09. The molecular weight excluding hydrogens is 320 g/mol. The van der Waals surface area contributed by atoms with Crippen LogP contribution in [0.5, 0.6) is 0 Å². The molecule has 1 aromatic heterocycles. The summed E-state index contributed by atoms with van der Waals surface area (Å²) < 4.78 is 0. The first-order valence-electron chi connectivity index (χ1n) is 8.24. The first-order chi connectivity index (χ1) is 12.2. The van der Waals surface area contributed by atoms with E-state index >= 15 is 0 Å². The summed E-state index contributed by atoms with van der Waals surface area (Å²) >= 11 is 0. The number of nitrogens with one attached hydrogen (secondary N) is 2. The zero-order valence-electron chi connectivity index (χ0n) is 14.4. The molecule has 0 aliphatic heterocycles. The van der Waals surface area contributed by atoms with Crippen molar-refractivity contribution in [3.8, 4) is 0 Å². The molecule has 0 saturated heterocycles. The molecule has 25 heavy (non-hydrogen) atoms. The lowest BCUT2D eigenvalue weighted by Gasteiger charge is -2.20. The van der Waals surface area contributed by atoms with Gasteiger partial charge in [0.15, 0.2) is 5.82 Å². The molecule has 0 spiro atoms. The third-order valence-electron chi connectivity index (χ3n) is 3.33. The maximum atomic E-state index is 11.8. The molecule has 1 aromatic carbocycles. The van der Waals surface area contributed by atoms with Crippen molar-refractivity contribution in [3.63, 3.8) is 0 Å². The van der Waals surface area contributed by atoms with E-state index in [0.717, 1.165) is 32.2 Å². The Kier molecular flexibility index (Phi) is 6.82. The number of aromatic amines is 1. The Morgan fingerprint density at radius 1 is 1.24 bits per heavy atom. The Balaban J connectivity index is 2.15. The number of hydrogen-bond donors (Lipinski definition) is 2. The number of hydrogen-bond acceptors (Lipinski definition) is 7. The summed E-state index contributed by atoms with van der Waals surface area (Å²) in [5.74, 6) is 0.711. The lowest BCUT2D eigenvalue weighted by atomic mass is 10.2. The Morgan fingerprint density at radius 3 is 2.68 bits per heavy atom. The molecule has 8 heteroatoms. The van der Waals surface area contributed by atoms with Gasteiger partial charge in [-0.05, 0) is 25.0 Å². The minimum absolute atomic E-state index is 0.311. The second-order valence-corrected chi connectivity index (χ2v) is 5.44. The molecule has 0 radical (unpaired) electrons. The van der Waals surface area contributed by atoms with Gasteiger partial charge >= 0.3 is 5.69 Å². The van der Waals surface area contributed by atoms with E-state index in [-0.39, 0.29) is 0 Å². The fourth-order valence-electron chi connectivity index (χ4n) is 2.29. The number of carbonyl (C=O) groups excluding carboxylic acids is 1. The second-order valence-electron chi connectivity index (χ2n) is 5.44. The van der Waals surface area contributed by atoms with E-state index in [0.29, 0.717) is 23.0 Å². The quantitative estimate of drug-likeness (QED) is 0.411. The van der Waals surface area contributed by atoms with Crippen LogP contribution in [0.4, 0.5) is 11.6 Å². The molecule has 8 nitrogen and oxygen atoms in total. The van der Waals surface area contributed by atoms with E-state index < -0.39 is 5.69 Å². The summed E-state index contributed by atoms with van der Waals surface area (Å²) in [7, 11) is 0. The highest BCUT2D eigenvalue weighted by atomic mass is 16.1. The fourth-order valence-corrected chi connectivity index (χ4v) is 2.29. The zero-order valence-corrected chi connectivity index (χ0v) is 14.4. The van der Waals surface area contributed by atoms with Gasteiger partial charge in [-0.2, -0.15) is 15.1 Å². The van der Waals surface area contributed by atoms with Gasteiger partial charge < -0.3 is 4.90 Å². The van der Waals surface area contributed by atoms with Gasteiger partial charge in [0.05, 0.1) is 11.9 Å². The number of rotatable bonds is 9. The summed E-state index contributed by atoms with van der Waals surface area (Å²) in [6, 6.07) is 6.90. The average molecular weight is 342 g/mol. The van der Waals surface area contributed by atoms with E-state index in [1.807, 2.05) is 4.90 Å². The van der Waals surface area contributed by atoms with E-state index in [9.17, 15) is 9.59 Å². The molecule has 132 valence electrons. The Bertz CT molecular complexity index is 781. The second kappa shape index (κ2) is 9.31. The van der Waals surface area contributed by atoms with Crippen molar-refractivity contribution < 1.29 is 4.79 Å². The van der Waals surface area contributed by atoms with Gasteiger partial charge in [0.25, 0.3) is 0 Å². The number of aromatic nitrogens is 3. The lowest BCUT2D eigenvalue weighted by molar-refractivity contribution is 0.112. The number of benzene rings is 1. The number of hydrazone groups is 1. The molecule has 0 aliphatic carbocycles. The molecular formula is C17H22N6O2. The Labute approximate surface area is 146 Å². The molecule has 0 atom stereocenters. The molecule has 0 fully saturated rings. The number of nitrogens with zero attached hydrogens (tertiary/aromatic N) is 4. The maximum absolute atomic E-state index is 11.8. The molecule has 2 aromatic rings. The summed E-state index contributed by atoms with van der Waals surface area (Å²) in [6.45, 7) is 5.69. The van der Waals surface area contributed by atoms with Crippen LogP contribution in [-0.4, -0.2) is 40.5 Å². The fraction of sp³-hybridized carbons (Fsp3) is 0.353. The van der Waals surface area contributed by atoms with Crippen LogP contribution < -0.4 is 16.0 Å². The van der Waals surface area contributed by atoms with Crippen LogP contribution in [0.1, 0.15) is 42.9 Å². The van der Waals surface area contributed by atoms with Crippen LogP contribution in [0.2, 0.25) is 0 Å². The SMILES string of the molecule is CCCN(CCC)c1nc(/C=N/Nc2cccc(C=O)c2)[nH]c(=O)n1. The van der Waals surface area contributed by atoms with Crippen molar-refractivity contribution in [1.82, 2.24) is 15.0 Å². The van der Waals surface area contributed by atoms with Crippen LogP contribution in [-0.2, 0) is 0 Å². The minimum Gasteiger partial charge on any atom is -0.341 e. The average Bonchev–Trinajstić information content (AvgIpc) is 2.61. The topological polar surface area (TPSA) is 103 Å². The van der Waals surface area contributed by atoms with E-state index in [4.69, 9.17) is 0 Å². The smallest absolute Gasteiger partial charge is 0.341 e. The van der Waals surface area contributed by atoms with Crippen LogP contribution in [0, 0.1) is 0 Å². The number of H-pyrrole nitrogens is 1. The third kappa shape index (κ3) is 5.52. The van der Waals surface area contributed by atoms with Crippen molar-refractivity contribution in [3.05, 3.63) is 46.1 Å². The van der Waals surface area contributed by atoms with Crippen molar-refractivity contribution in [2.24, 2.45) is 5.10 Å². The predicted octanol–water partition coefficient (Wildman–Crippen LogP) is 2.05. The highest BCUT2D eigenvalue weighted by molar-refractivity contribution is 5.78. The maximum Gasteiger partial charge on any atom is 0.349 e. The van der Waals surface area contributed by atoms with Gasteiger partial charge in [-0.15, -0.1) is 0 Å². The normalized spacial score (nSPS) is 10.8. The summed E-state index contributed by atoms with van der Waals surface area (Å²) in [4.78, 5) is 35.4. The monoisotopic (exact) mass is 342 g/mol. The molecule has 2 rings (SSSR count). The summed E-state index contributed by atoms with van der Waals surface area (Å²) in [5, 5.41) is 4.05. The summed E-state index contributed by atoms with van der Waals surface area (Å²) in [5.41, 5.74) is 3.55. The van der Waals surface area contributed by atoms with E-state index in [2.05, 4.69) is 39.3 Å². The van der Waals surface area contributed by atoms with E-state index in [1.54, 1.807) is 24.3 Å². The van der Waals surface area contributed by atoms with Crippen LogP contribution in [0.15, 0.2) is 34.2 Å². The standard InChI is InChI=1S/C17H22N6O2/c1-3-8-23(9-4-2)16-19-15(20-17(25)21-16)11-18-22-14-7-5-6-13(10-14)12-24/h5-7,10-12,22H,3-4,8-9H2,1-2H3,(H,19,20,21,25)/b18-11+. The van der Waals surface area contributed by atoms with Gasteiger partial charge in [-0.1, -0.05) is 26.0 Å².